The van der Waals surface area contributed by atoms with Gasteiger partial charge >= 0.3 is 0 Å². The third kappa shape index (κ3) is 3.10. The fraction of sp³-hybridized carbons (Fsp3) is 0.455. The zero-order chi connectivity index (χ0) is 13.7. The van der Waals surface area contributed by atoms with Crippen molar-refractivity contribution in [2.45, 2.75) is 13.3 Å². The molecule has 0 saturated carbocycles. The lowest BCUT2D eigenvalue weighted by molar-refractivity contribution is 0.261. The molecule has 0 aliphatic rings. The minimum absolute atomic E-state index is 0.196. The Morgan fingerprint density at radius 3 is 1.83 bits per heavy atom. The van der Waals surface area contributed by atoms with Crippen LogP contribution in [0.25, 0.3) is 0 Å². The van der Waals surface area contributed by atoms with E-state index < -0.39 is 34.8 Å². The third-order valence-corrected chi connectivity index (χ3v) is 2.12. The van der Waals surface area contributed by atoms with Crippen molar-refractivity contribution in [1.29, 1.82) is 0 Å². The number of halogens is 5. The normalized spacial score (nSPS) is 10.8. The number of benzene rings is 1. The first-order chi connectivity index (χ1) is 8.50. The molecule has 0 amide bonds. The van der Waals surface area contributed by atoms with E-state index >= 15 is 0 Å². The highest BCUT2D eigenvalue weighted by Gasteiger charge is 2.26. The van der Waals surface area contributed by atoms with Crippen molar-refractivity contribution in [3.63, 3.8) is 0 Å². The van der Waals surface area contributed by atoms with Crippen molar-refractivity contribution in [3.05, 3.63) is 29.1 Å². The lowest BCUT2D eigenvalue weighted by Crippen LogP contribution is -2.22. The molecule has 1 N–H and O–H groups in total. The van der Waals surface area contributed by atoms with Crippen LogP contribution in [0.5, 0.6) is 5.75 Å². The quantitative estimate of drug-likeness (QED) is 0.371. The van der Waals surface area contributed by atoms with Crippen LogP contribution >= 0.6 is 0 Å². The van der Waals surface area contributed by atoms with Crippen LogP contribution in [-0.2, 0) is 0 Å². The summed E-state index contributed by atoms with van der Waals surface area (Å²) < 4.78 is 69.0. The molecule has 0 saturated heterocycles. The zero-order valence-corrected chi connectivity index (χ0v) is 9.63. The van der Waals surface area contributed by atoms with Gasteiger partial charge < -0.3 is 10.1 Å². The second kappa shape index (κ2) is 6.53. The Morgan fingerprint density at radius 2 is 1.33 bits per heavy atom. The summed E-state index contributed by atoms with van der Waals surface area (Å²) in [5.74, 6) is -11.4. The minimum Gasteiger partial charge on any atom is -0.486 e. The first-order valence-electron chi connectivity index (χ1n) is 5.35. The molecule has 0 heterocycles. The molecule has 0 aliphatic heterocycles. The van der Waals surface area contributed by atoms with Crippen LogP contribution in [0.2, 0.25) is 0 Å². The predicted molar refractivity (Wildman–Crippen MR) is 54.9 cm³/mol. The third-order valence-electron chi connectivity index (χ3n) is 2.12. The molecule has 1 aromatic rings. The van der Waals surface area contributed by atoms with Crippen LogP contribution in [0.4, 0.5) is 22.0 Å². The Bertz CT molecular complexity index is 395. The van der Waals surface area contributed by atoms with Crippen molar-refractivity contribution < 1.29 is 26.7 Å². The Hall–Kier alpha value is -1.37. The van der Waals surface area contributed by atoms with E-state index in [9.17, 15) is 22.0 Å². The van der Waals surface area contributed by atoms with Crippen molar-refractivity contribution >= 4 is 0 Å². The molecule has 0 aliphatic carbocycles. The van der Waals surface area contributed by atoms with E-state index in [1.54, 1.807) is 0 Å². The zero-order valence-electron chi connectivity index (χ0n) is 9.63. The Balaban J connectivity index is 2.77. The highest BCUT2D eigenvalue weighted by molar-refractivity contribution is 5.29. The van der Waals surface area contributed by atoms with Gasteiger partial charge in [-0.15, -0.1) is 0 Å². The molecule has 18 heavy (non-hydrogen) atoms. The van der Waals surface area contributed by atoms with Crippen LogP contribution in [-0.4, -0.2) is 19.7 Å². The van der Waals surface area contributed by atoms with E-state index in [-0.39, 0.29) is 13.2 Å². The maximum atomic E-state index is 13.1. The summed E-state index contributed by atoms with van der Waals surface area (Å²) in [5.41, 5.74) is 0. The number of hydrogen-bond donors (Lipinski definition) is 1. The molecule has 0 aromatic heterocycles. The second-order valence-electron chi connectivity index (χ2n) is 3.50. The minimum atomic E-state index is -2.19. The maximum absolute atomic E-state index is 13.1. The Labute approximate surface area is 101 Å². The summed E-state index contributed by atoms with van der Waals surface area (Å²) in [6.45, 7) is 2.63. The van der Waals surface area contributed by atoms with Gasteiger partial charge in [0.15, 0.2) is 5.75 Å². The summed E-state index contributed by atoms with van der Waals surface area (Å²) in [7, 11) is 0. The molecular formula is C11H12F5NO. The molecule has 2 nitrogen and oxygen atoms in total. The average molecular weight is 269 g/mol. The van der Waals surface area contributed by atoms with E-state index in [2.05, 4.69) is 10.1 Å². The predicted octanol–water partition coefficient (Wildman–Crippen LogP) is 2.76. The lowest BCUT2D eigenvalue weighted by atomic mass is 10.2. The summed E-state index contributed by atoms with van der Waals surface area (Å²) in [6.07, 6.45) is 0.850. The maximum Gasteiger partial charge on any atom is 0.206 e. The monoisotopic (exact) mass is 269 g/mol. The number of hydrogen-bond acceptors (Lipinski definition) is 2. The van der Waals surface area contributed by atoms with E-state index in [1.807, 2.05) is 6.92 Å². The average Bonchev–Trinajstić information content (AvgIpc) is 2.37. The van der Waals surface area contributed by atoms with Crippen molar-refractivity contribution in [1.82, 2.24) is 5.32 Å². The first kappa shape index (κ1) is 14.7. The molecule has 102 valence electrons. The van der Waals surface area contributed by atoms with Gasteiger partial charge in [-0.25, -0.2) is 13.2 Å². The van der Waals surface area contributed by atoms with Gasteiger partial charge in [0.25, 0.3) is 0 Å². The van der Waals surface area contributed by atoms with E-state index in [1.165, 1.54) is 0 Å². The molecule has 7 heteroatoms. The van der Waals surface area contributed by atoms with Crippen LogP contribution < -0.4 is 10.1 Å². The number of rotatable bonds is 6. The molecule has 1 aromatic carbocycles. The van der Waals surface area contributed by atoms with E-state index in [4.69, 9.17) is 0 Å². The van der Waals surface area contributed by atoms with Gasteiger partial charge in [0.05, 0.1) is 0 Å². The fourth-order valence-electron chi connectivity index (χ4n) is 1.24. The fourth-order valence-corrected chi connectivity index (χ4v) is 1.24. The highest BCUT2D eigenvalue weighted by atomic mass is 19.2. The second-order valence-corrected chi connectivity index (χ2v) is 3.50. The standard InChI is InChI=1S/C11H12F5NO/c1-2-3-17-4-5-18-11-9(15)7(13)6(12)8(14)10(11)16/h17H,2-5H2,1H3. The number of nitrogens with one attached hydrogen (secondary N) is 1. The highest BCUT2D eigenvalue weighted by Crippen LogP contribution is 2.28. The Kier molecular flexibility index (Phi) is 5.33. The molecule has 0 unspecified atom stereocenters. The van der Waals surface area contributed by atoms with Crippen LogP contribution in [0.15, 0.2) is 0 Å². The molecule has 0 atom stereocenters. The van der Waals surface area contributed by atoms with Crippen LogP contribution in [0.3, 0.4) is 0 Å². The number of ether oxygens (including phenoxy) is 1. The largest absolute Gasteiger partial charge is 0.486 e. The molecular weight excluding hydrogens is 257 g/mol. The summed E-state index contributed by atoms with van der Waals surface area (Å²) in [6, 6.07) is 0. The van der Waals surface area contributed by atoms with Gasteiger partial charge in [-0.1, -0.05) is 6.92 Å². The summed E-state index contributed by atoms with van der Waals surface area (Å²) in [5, 5.41) is 2.85. The van der Waals surface area contributed by atoms with Gasteiger partial charge in [-0.2, -0.15) is 8.78 Å². The molecule has 0 spiro atoms. The van der Waals surface area contributed by atoms with E-state index in [0.29, 0.717) is 6.54 Å². The van der Waals surface area contributed by atoms with Crippen molar-refractivity contribution in [2.75, 3.05) is 19.7 Å². The Morgan fingerprint density at radius 1 is 0.833 bits per heavy atom. The van der Waals surface area contributed by atoms with E-state index in [0.717, 1.165) is 6.42 Å². The topological polar surface area (TPSA) is 21.3 Å². The van der Waals surface area contributed by atoms with Gasteiger partial charge in [0.1, 0.15) is 6.61 Å². The van der Waals surface area contributed by atoms with Crippen LogP contribution in [0.1, 0.15) is 13.3 Å². The molecule has 1 rings (SSSR count). The summed E-state index contributed by atoms with van der Waals surface area (Å²) in [4.78, 5) is 0. The molecule has 0 bridgehead atoms. The van der Waals surface area contributed by atoms with Gasteiger partial charge in [-0.05, 0) is 13.0 Å². The van der Waals surface area contributed by atoms with Gasteiger partial charge in [0.2, 0.25) is 29.1 Å². The van der Waals surface area contributed by atoms with Crippen LogP contribution in [0, 0.1) is 29.1 Å². The van der Waals surface area contributed by atoms with Crippen molar-refractivity contribution in [2.24, 2.45) is 0 Å². The SMILES string of the molecule is CCCNCCOc1c(F)c(F)c(F)c(F)c1F. The van der Waals surface area contributed by atoms with Crippen molar-refractivity contribution in [3.8, 4) is 5.75 Å². The van der Waals surface area contributed by atoms with Gasteiger partial charge in [0, 0.05) is 6.54 Å². The summed E-state index contributed by atoms with van der Waals surface area (Å²) >= 11 is 0. The van der Waals surface area contributed by atoms with Gasteiger partial charge in [-0.3, -0.25) is 0 Å². The lowest BCUT2D eigenvalue weighted by Gasteiger charge is -2.10. The smallest absolute Gasteiger partial charge is 0.206 e. The molecule has 0 radical (unpaired) electrons. The first-order valence-corrected chi connectivity index (χ1v) is 5.35. The molecule has 0 fully saturated rings.